The van der Waals surface area contributed by atoms with E-state index in [1.807, 2.05) is 0 Å². The van der Waals surface area contributed by atoms with Crippen LogP contribution in [0.1, 0.15) is 11.6 Å². The number of alkyl halides is 3. The van der Waals surface area contributed by atoms with Crippen LogP contribution in [0, 0.1) is 0 Å². The van der Waals surface area contributed by atoms with Gasteiger partial charge in [-0.05, 0) is 17.7 Å². The fourth-order valence-corrected chi connectivity index (χ4v) is 1.41. The highest BCUT2D eigenvalue weighted by Crippen LogP contribution is 2.31. The van der Waals surface area contributed by atoms with E-state index in [2.05, 4.69) is 0 Å². The number of hydrogen-bond acceptors (Lipinski definition) is 2. The zero-order valence-electron chi connectivity index (χ0n) is 7.80. The Morgan fingerprint density at radius 2 is 1.75 bits per heavy atom. The number of hydrogen-bond donors (Lipinski definition) is 2. The largest absolute Gasteiger partial charge is 0.416 e. The van der Waals surface area contributed by atoms with Gasteiger partial charge in [-0.2, -0.15) is 13.2 Å². The number of aliphatic hydroxyl groups is 1. The Morgan fingerprint density at radius 3 is 2.19 bits per heavy atom. The summed E-state index contributed by atoms with van der Waals surface area (Å²) in [6, 6.07) is 2.22. The number of aliphatic hydroxyl groups excluding tert-OH is 1. The Morgan fingerprint density at radius 1 is 1.19 bits per heavy atom. The highest BCUT2D eigenvalue weighted by atomic mass is 35.5. The molecule has 16 heavy (non-hydrogen) atoms. The molecule has 0 aromatic heterocycles. The molecule has 90 valence electrons. The first-order chi connectivity index (χ1) is 7.23. The zero-order valence-corrected chi connectivity index (χ0v) is 9.31. The van der Waals surface area contributed by atoms with Crippen molar-refractivity contribution < 1.29 is 18.3 Å². The molecule has 0 aliphatic heterocycles. The highest BCUT2D eigenvalue weighted by molar-refractivity contribution is 6.42. The zero-order chi connectivity index (χ0) is 12.5. The van der Waals surface area contributed by atoms with Gasteiger partial charge in [0.15, 0.2) is 6.10 Å². The van der Waals surface area contributed by atoms with Crippen LogP contribution in [0.4, 0.5) is 13.2 Å². The van der Waals surface area contributed by atoms with Crippen molar-refractivity contribution in [2.45, 2.75) is 18.3 Å². The molecule has 0 bridgehead atoms. The molecule has 1 aromatic carbocycles. The fourth-order valence-electron chi connectivity index (χ4n) is 1.11. The second-order valence-electron chi connectivity index (χ2n) is 3.19. The van der Waals surface area contributed by atoms with Crippen molar-refractivity contribution in [2.75, 3.05) is 0 Å². The SMILES string of the molecule is N[C@H](c1ccc(Cl)c(Cl)c1)[C@@H](O)C(F)(F)F. The van der Waals surface area contributed by atoms with Crippen LogP contribution in [0.2, 0.25) is 10.0 Å². The van der Waals surface area contributed by atoms with Gasteiger partial charge in [0.1, 0.15) is 0 Å². The third-order valence-electron chi connectivity index (χ3n) is 2.00. The molecular formula is C9H8Cl2F3NO. The minimum Gasteiger partial charge on any atom is -0.382 e. The maximum Gasteiger partial charge on any atom is 0.416 e. The van der Waals surface area contributed by atoms with Crippen molar-refractivity contribution in [1.82, 2.24) is 0 Å². The lowest BCUT2D eigenvalue weighted by Crippen LogP contribution is -2.38. The van der Waals surface area contributed by atoms with E-state index >= 15 is 0 Å². The molecule has 0 fully saturated rings. The monoisotopic (exact) mass is 273 g/mol. The summed E-state index contributed by atoms with van der Waals surface area (Å²) in [6.07, 6.45) is -7.41. The summed E-state index contributed by atoms with van der Waals surface area (Å²) < 4.78 is 36.5. The molecular weight excluding hydrogens is 266 g/mol. The van der Waals surface area contributed by atoms with Gasteiger partial charge in [-0.3, -0.25) is 0 Å². The third-order valence-corrected chi connectivity index (χ3v) is 2.74. The normalized spacial score (nSPS) is 15.9. The van der Waals surface area contributed by atoms with E-state index < -0.39 is 18.3 Å². The number of halogens is 5. The second kappa shape index (κ2) is 4.79. The Kier molecular flexibility index (Phi) is 4.07. The minimum atomic E-state index is -4.77. The van der Waals surface area contributed by atoms with Crippen LogP contribution in [0.5, 0.6) is 0 Å². The van der Waals surface area contributed by atoms with Crippen LogP contribution >= 0.6 is 23.2 Å². The van der Waals surface area contributed by atoms with E-state index in [-0.39, 0.29) is 15.6 Å². The highest BCUT2D eigenvalue weighted by Gasteiger charge is 2.42. The molecule has 0 spiro atoms. The topological polar surface area (TPSA) is 46.2 Å². The van der Waals surface area contributed by atoms with Gasteiger partial charge in [0.25, 0.3) is 0 Å². The van der Waals surface area contributed by atoms with Gasteiger partial charge in [-0.1, -0.05) is 29.3 Å². The Labute approximate surface area is 99.8 Å². The Bertz CT molecular complexity index is 384. The first-order valence-electron chi connectivity index (χ1n) is 4.19. The molecule has 3 N–H and O–H groups in total. The Hall–Kier alpha value is -0.490. The lowest BCUT2D eigenvalue weighted by atomic mass is 10.0. The minimum absolute atomic E-state index is 0.0687. The maximum atomic E-state index is 12.2. The average Bonchev–Trinajstić information content (AvgIpc) is 2.18. The van der Waals surface area contributed by atoms with E-state index in [0.29, 0.717) is 0 Å². The summed E-state index contributed by atoms with van der Waals surface area (Å²) in [4.78, 5) is 0. The number of benzene rings is 1. The van der Waals surface area contributed by atoms with Gasteiger partial charge in [0, 0.05) is 0 Å². The van der Waals surface area contributed by atoms with E-state index in [0.717, 1.165) is 0 Å². The van der Waals surface area contributed by atoms with Crippen LogP contribution in [0.25, 0.3) is 0 Å². The molecule has 0 heterocycles. The predicted octanol–water partition coefficient (Wildman–Crippen LogP) is 2.92. The van der Waals surface area contributed by atoms with Crippen molar-refractivity contribution in [3.8, 4) is 0 Å². The van der Waals surface area contributed by atoms with E-state index in [1.54, 1.807) is 0 Å². The van der Waals surface area contributed by atoms with Gasteiger partial charge in [0.2, 0.25) is 0 Å². The third kappa shape index (κ3) is 3.01. The summed E-state index contributed by atoms with van der Waals surface area (Å²) >= 11 is 11.2. The van der Waals surface area contributed by atoms with Crippen molar-refractivity contribution >= 4 is 23.2 Å². The summed E-state index contributed by atoms with van der Waals surface area (Å²) in [5.41, 5.74) is 5.34. The lowest BCUT2D eigenvalue weighted by molar-refractivity contribution is -0.210. The molecule has 0 radical (unpaired) electrons. The van der Waals surface area contributed by atoms with Crippen LogP contribution in [-0.4, -0.2) is 17.4 Å². The maximum absolute atomic E-state index is 12.2. The van der Waals surface area contributed by atoms with Gasteiger partial charge in [0.05, 0.1) is 16.1 Å². The number of rotatable bonds is 2. The predicted molar refractivity (Wildman–Crippen MR) is 55.5 cm³/mol. The second-order valence-corrected chi connectivity index (χ2v) is 4.00. The standard InChI is InChI=1S/C9H8Cl2F3NO/c10-5-2-1-4(3-6(5)11)7(15)8(16)9(12,13)14/h1-3,7-8,16H,15H2/t7-,8-/m1/s1. The molecule has 7 heteroatoms. The molecule has 2 atom stereocenters. The summed E-state index contributed by atoms with van der Waals surface area (Å²) in [6.45, 7) is 0. The summed E-state index contributed by atoms with van der Waals surface area (Å²) in [5, 5.41) is 9.24. The smallest absolute Gasteiger partial charge is 0.382 e. The van der Waals surface area contributed by atoms with Gasteiger partial charge < -0.3 is 10.8 Å². The molecule has 2 nitrogen and oxygen atoms in total. The molecule has 0 aliphatic carbocycles. The number of nitrogens with two attached hydrogens (primary N) is 1. The molecule has 0 unspecified atom stereocenters. The van der Waals surface area contributed by atoms with E-state index in [4.69, 9.17) is 34.0 Å². The summed E-state index contributed by atoms with van der Waals surface area (Å²) in [5.74, 6) is 0. The van der Waals surface area contributed by atoms with Crippen molar-refractivity contribution in [2.24, 2.45) is 5.73 Å². The lowest BCUT2D eigenvalue weighted by Gasteiger charge is -2.21. The molecule has 0 amide bonds. The first kappa shape index (κ1) is 13.6. The van der Waals surface area contributed by atoms with Crippen molar-refractivity contribution in [3.63, 3.8) is 0 Å². The molecule has 0 saturated heterocycles. The summed E-state index contributed by atoms with van der Waals surface area (Å²) in [7, 11) is 0. The average molecular weight is 274 g/mol. The van der Waals surface area contributed by atoms with E-state index in [1.165, 1.54) is 18.2 Å². The Balaban J connectivity index is 2.97. The fraction of sp³-hybridized carbons (Fsp3) is 0.333. The molecule has 1 rings (SSSR count). The van der Waals surface area contributed by atoms with Crippen molar-refractivity contribution in [1.29, 1.82) is 0 Å². The van der Waals surface area contributed by atoms with Gasteiger partial charge in [-0.15, -0.1) is 0 Å². The van der Waals surface area contributed by atoms with Gasteiger partial charge in [-0.25, -0.2) is 0 Å². The van der Waals surface area contributed by atoms with Crippen LogP contribution < -0.4 is 5.73 Å². The van der Waals surface area contributed by atoms with Crippen LogP contribution in [-0.2, 0) is 0 Å². The first-order valence-corrected chi connectivity index (χ1v) is 4.94. The molecule has 0 saturated carbocycles. The molecule has 1 aromatic rings. The van der Waals surface area contributed by atoms with Gasteiger partial charge >= 0.3 is 6.18 Å². The van der Waals surface area contributed by atoms with Crippen molar-refractivity contribution in [3.05, 3.63) is 33.8 Å². The quantitative estimate of drug-likeness (QED) is 0.871. The molecule has 0 aliphatic rings. The van der Waals surface area contributed by atoms with E-state index in [9.17, 15) is 13.2 Å². The van der Waals surface area contributed by atoms with Crippen LogP contribution in [0.15, 0.2) is 18.2 Å². The van der Waals surface area contributed by atoms with Crippen LogP contribution in [0.3, 0.4) is 0 Å².